The zero-order chi connectivity index (χ0) is 23.4. The fraction of sp³-hybridized carbons (Fsp3) is 0.630. The number of ether oxygens (including phenoxy) is 1. The van der Waals surface area contributed by atoms with Crippen molar-refractivity contribution in [1.29, 1.82) is 5.41 Å². The van der Waals surface area contributed by atoms with Gasteiger partial charge in [0.15, 0.2) is 0 Å². The molecular weight excluding hydrogens is 368 g/mol. The second kappa shape index (κ2) is 20.4. The molecule has 0 fully saturated rings. The molecule has 1 rings (SSSR count). The van der Waals surface area contributed by atoms with Gasteiger partial charge in [-0.2, -0.15) is 0 Å². The van der Waals surface area contributed by atoms with Crippen molar-refractivity contribution in [3.05, 3.63) is 48.2 Å². The highest BCUT2D eigenvalue weighted by atomic mass is 16.5. The molecule has 172 valence electrons. The molecule has 2 atom stereocenters. The van der Waals surface area contributed by atoms with Gasteiger partial charge in [0.1, 0.15) is 6.61 Å². The van der Waals surface area contributed by atoms with Crippen LogP contribution in [0.2, 0.25) is 0 Å². The van der Waals surface area contributed by atoms with Crippen molar-refractivity contribution in [2.45, 2.75) is 99.8 Å². The zero-order valence-electron chi connectivity index (χ0n) is 21.1. The van der Waals surface area contributed by atoms with Crippen LogP contribution in [0.1, 0.15) is 106 Å². The molecule has 0 amide bonds. The van der Waals surface area contributed by atoms with E-state index in [1.54, 1.807) is 0 Å². The Morgan fingerprint density at radius 2 is 1.80 bits per heavy atom. The van der Waals surface area contributed by atoms with Crippen molar-refractivity contribution in [3.8, 4) is 5.88 Å². The van der Waals surface area contributed by atoms with Gasteiger partial charge in [0.2, 0.25) is 5.88 Å². The Balaban J connectivity index is 0. The van der Waals surface area contributed by atoms with Crippen LogP contribution in [-0.4, -0.2) is 17.3 Å². The second-order valence-corrected chi connectivity index (χ2v) is 7.71. The van der Waals surface area contributed by atoms with Crippen molar-refractivity contribution in [1.82, 2.24) is 4.98 Å². The molecule has 3 nitrogen and oxygen atoms in total. The summed E-state index contributed by atoms with van der Waals surface area (Å²) in [5, 5.41) is 7.65. The molecule has 0 aliphatic heterocycles. The van der Waals surface area contributed by atoms with E-state index in [1.807, 2.05) is 52.0 Å². The number of hydrogen-bond acceptors (Lipinski definition) is 3. The Morgan fingerprint density at radius 1 is 1.17 bits per heavy atom. The van der Waals surface area contributed by atoms with E-state index in [2.05, 4.69) is 40.3 Å². The molecule has 0 aromatic carbocycles. The van der Waals surface area contributed by atoms with Gasteiger partial charge >= 0.3 is 0 Å². The van der Waals surface area contributed by atoms with Crippen LogP contribution in [0.15, 0.2) is 42.5 Å². The lowest BCUT2D eigenvalue weighted by Crippen LogP contribution is -2.08. The smallest absolute Gasteiger partial charge is 0.213 e. The first-order chi connectivity index (χ1) is 14.4. The van der Waals surface area contributed by atoms with E-state index < -0.39 is 0 Å². The maximum Gasteiger partial charge on any atom is 0.213 e. The minimum Gasteiger partial charge on any atom is -0.473 e. The van der Waals surface area contributed by atoms with Crippen LogP contribution in [-0.2, 0) is 0 Å². The van der Waals surface area contributed by atoms with E-state index in [0.717, 1.165) is 49.1 Å². The first kappa shape index (κ1) is 30.3. The monoisotopic (exact) mass is 416 g/mol. The third kappa shape index (κ3) is 16.0. The maximum absolute atomic E-state index is 7.65. The molecule has 1 N–H and O–H groups in total. The summed E-state index contributed by atoms with van der Waals surface area (Å²) in [6, 6.07) is 6.06. The summed E-state index contributed by atoms with van der Waals surface area (Å²) >= 11 is 0. The zero-order valence-corrected chi connectivity index (χ0v) is 21.1. The van der Waals surface area contributed by atoms with E-state index in [9.17, 15) is 0 Å². The molecule has 2 unspecified atom stereocenters. The highest BCUT2D eigenvalue weighted by Gasteiger charge is 2.15. The highest BCUT2D eigenvalue weighted by molar-refractivity contribution is 5.78. The third-order valence-corrected chi connectivity index (χ3v) is 4.27. The number of rotatable bonds is 12. The average molecular weight is 417 g/mol. The van der Waals surface area contributed by atoms with Gasteiger partial charge in [-0.3, -0.25) is 0 Å². The van der Waals surface area contributed by atoms with Gasteiger partial charge in [-0.25, -0.2) is 4.98 Å². The van der Waals surface area contributed by atoms with Gasteiger partial charge < -0.3 is 10.1 Å². The second-order valence-electron chi connectivity index (χ2n) is 7.71. The summed E-state index contributed by atoms with van der Waals surface area (Å²) in [5.74, 6) is 1.69. The van der Waals surface area contributed by atoms with Crippen molar-refractivity contribution < 1.29 is 4.74 Å². The van der Waals surface area contributed by atoms with E-state index in [-0.39, 0.29) is 0 Å². The van der Waals surface area contributed by atoms with Crippen LogP contribution in [0.5, 0.6) is 5.88 Å². The number of pyridine rings is 1. The molecule has 1 heterocycles. The van der Waals surface area contributed by atoms with Gasteiger partial charge in [-0.05, 0) is 57.1 Å². The van der Waals surface area contributed by atoms with E-state index in [4.69, 9.17) is 15.1 Å². The quantitative estimate of drug-likeness (QED) is 0.273. The molecule has 0 radical (unpaired) electrons. The van der Waals surface area contributed by atoms with Crippen molar-refractivity contribution >= 4 is 5.71 Å². The molecular formula is C27H48N2O. The van der Waals surface area contributed by atoms with Crippen LogP contribution < -0.4 is 4.74 Å². The van der Waals surface area contributed by atoms with Crippen LogP contribution in [0.25, 0.3) is 0 Å². The van der Waals surface area contributed by atoms with E-state index >= 15 is 0 Å². The largest absolute Gasteiger partial charge is 0.473 e. The van der Waals surface area contributed by atoms with Crippen LogP contribution in [0, 0.1) is 11.3 Å². The van der Waals surface area contributed by atoms with Gasteiger partial charge in [0, 0.05) is 23.4 Å². The molecule has 3 heteroatoms. The predicted molar refractivity (Wildman–Crippen MR) is 135 cm³/mol. The molecule has 0 bridgehead atoms. The number of nitrogens with one attached hydrogen (secondary N) is 1. The predicted octanol–water partition coefficient (Wildman–Crippen LogP) is 8.76. The number of nitrogens with zero attached hydrogens (tertiary/aromatic N) is 1. The molecule has 1 aromatic rings. The molecule has 0 aliphatic carbocycles. The van der Waals surface area contributed by atoms with Crippen molar-refractivity contribution in [2.24, 2.45) is 5.92 Å². The Hall–Kier alpha value is -1.90. The van der Waals surface area contributed by atoms with Crippen LogP contribution in [0.3, 0.4) is 0 Å². The van der Waals surface area contributed by atoms with Gasteiger partial charge in [0.05, 0.1) is 0 Å². The van der Waals surface area contributed by atoms with Crippen LogP contribution in [0.4, 0.5) is 0 Å². The summed E-state index contributed by atoms with van der Waals surface area (Å²) in [6.45, 7) is 21.0. The lowest BCUT2D eigenvalue weighted by Gasteiger charge is -2.19. The first-order valence-electron chi connectivity index (χ1n) is 11.8. The topological polar surface area (TPSA) is 46.0 Å². The molecule has 0 saturated heterocycles. The Morgan fingerprint density at radius 3 is 2.33 bits per heavy atom. The van der Waals surface area contributed by atoms with Crippen LogP contribution >= 0.6 is 0 Å². The van der Waals surface area contributed by atoms with E-state index in [0.29, 0.717) is 24.3 Å². The fourth-order valence-corrected chi connectivity index (χ4v) is 3.09. The summed E-state index contributed by atoms with van der Waals surface area (Å²) in [5.41, 5.74) is 2.83. The Bertz CT molecular complexity index is 592. The first-order valence-corrected chi connectivity index (χ1v) is 11.8. The number of aromatic nitrogens is 1. The number of hydrogen-bond donors (Lipinski definition) is 1. The van der Waals surface area contributed by atoms with E-state index in [1.165, 1.54) is 6.42 Å². The maximum atomic E-state index is 7.65. The normalized spacial score (nSPS) is 12.1. The SMILES string of the molecule is C=C(/C=C\C)COc1cccc(C(CCC)CCC(C)CC(C)=N)n1.CC.CCC. The number of allylic oxidation sites excluding steroid dienone is 1. The standard InChI is InChI=1S/C22H34N2O.C3H8.C2H6/c1-6-9-18(4)16-25-22-12-8-11-21(24-22)20(10-7-2)14-13-17(3)15-19(5)23;1-3-2;1-2/h6,8-9,11-12,17,20,23H,4,7,10,13-16H2,1-3,5H3;3H2,1-2H3;1-2H3/b9-6-,23-19?;;. The third-order valence-electron chi connectivity index (χ3n) is 4.27. The Kier molecular flexibility index (Phi) is 20.6. The lowest BCUT2D eigenvalue weighted by molar-refractivity contribution is 0.338. The Labute approximate surface area is 187 Å². The van der Waals surface area contributed by atoms with Gasteiger partial charge in [-0.15, -0.1) is 0 Å². The molecule has 30 heavy (non-hydrogen) atoms. The lowest BCUT2D eigenvalue weighted by atomic mass is 9.89. The highest BCUT2D eigenvalue weighted by Crippen LogP contribution is 2.28. The van der Waals surface area contributed by atoms with Gasteiger partial charge in [-0.1, -0.05) is 79.2 Å². The van der Waals surface area contributed by atoms with Crippen molar-refractivity contribution in [2.75, 3.05) is 6.61 Å². The molecule has 0 spiro atoms. The fourth-order valence-electron chi connectivity index (χ4n) is 3.09. The summed E-state index contributed by atoms with van der Waals surface area (Å²) in [6.07, 6.45) is 10.6. The molecule has 0 aliphatic rings. The minimum absolute atomic E-state index is 0.459. The van der Waals surface area contributed by atoms with Crippen molar-refractivity contribution in [3.63, 3.8) is 0 Å². The summed E-state index contributed by atoms with van der Waals surface area (Å²) in [7, 11) is 0. The molecule has 1 aromatic heterocycles. The summed E-state index contributed by atoms with van der Waals surface area (Å²) in [4.78, 5) is 4.73. The minimum atomic E-state index is 0.459. The van der Waals surface area contributed by atoms with Gasteiger partial charge in [0.25, 0.3) is 0 Å². The average Bonchev–Trinajstić information content (AvgIpc) is 2.71. The summed E-state index contributed by atoms with van der Waals surface area (Å²) < 4.78 is 5.78. The molecule has 0 saturated carbocycles.